The fourth-order valence-corrected chi connectivity index (χ4v) is 2.66. The number of nitrogens with zero attached hydrogens (tertiary/aromatic N) is 5. The van der Waals surface area contributed by atoms with Gasteiger partial charge < -0.3 is 15.0 Å². The van der Waals surface area contributed by atoms with Crippen molar-refractivity contribution >= 4 is 12.1 Å². The van der Waals surface area contributed by atoms with E-state index in [9.17, 15) is 9.59 Å². The van der Waals surface area contributed by atoms with E-state index in [1.165, 1.54) is 4.90 Å². The highest BCUT2D eigenvalue weighted by atomic mass is 16.5. The molecule has 9 nitrogen and oxygen atoms in total. The van der Waals surface area contributed by atoms with E-state index >= 15 is 0 Å². The normalized spacial score (nSPS) is 22.0. The first kappa shape index (κ1) is 13.8. The summed E-state index contributed by atoms with van der Waals surface area (Å²) in [6, 6.07) is -0.450. The predicted octanol–water partition coefficient (Wildman–Crippen LogP) is -0.183. The molecule has 0 saturated carbocycles. The molecule has 1 atom stereocenters. The highest BCUT2D eigenvalue weighted by Crippen LogP contribution is 2.22. The molecule has 2 saturated heterocycles. The van der Waals surface area contributed by atoms with Crippen LogP contribution in [0.3, 0.4) is 0 Å². The summed E-state index contributed by atoms with van der Waals surface area (Å²) in [6.45, 7) is 2.53. The highest BCUT2D eigenvalue weighted by molar-refractivity contribution is 5.95. The predicted molar refractivity (Wildman–Crippen MR) is 71.5 cm³/mol. The Morgan fingerprint density at radius 1 is 1.52 bits per heavy atom. The molecule has 0 aliphatic carbocycles. The van der Waals surface area contributed by atoms with Crippen LogP contribution in [0, 0.1) is 0 Å². The molecule has 9 heteroatoms. The number of likely N-dealkylation sites (tertiary alicyclic amines) is 1. The van der Waals surface area contributed by atoms with E-state index in [2.05, 4.69) is 15.6 Å². The summed E-state index contributed by atoms with van der Waals surface area (Å²) < 4.78 is 6.78. The Morgan fingerprint density at radius 3 is 3.10 bits per heavy atom. The zero-order valence-electron chi connectivity index (χ0n) is 11.9. The molecule has 2 aliphatic rings. The van der Waals surface area contributed by atoms with Crippen LogP contribution in [0.2, 0.25) is 0 Å². The van der Waals surface area contributed by atoms with Gasteiger partial charge in [-0.2, -0.15) is 0 Å². The maximum absolute atomic E-state index is 12.3. The molecule has 1 aromatic heterocycles. The van der Waals surface area contributed by atoms with Crippen LogP contribution >= 0.6 is 0 Å². The minimum atomic E-state index is -0.313. The second-order valence-electron chi connectivity index (χ2n) is 5.18. The van der Waals surface area contributed by atoms with E-state index in [1.807, 2.05) is 6.20 Å². The number of rotatable bonds is 3. The van der Waals surface area contributed by atoms with Crippen LogP contribution in [0.4, 0.5) is 9.59 Å². The average Bonchev–Trinajstić information content (AvgIpc) is 3.17. The third-order valence-electron chi connectivity index (χ3n) is 3.75. The Morgan fingerprint density at radius 2 is 2.38 bits per heavy atom. The van der Waals surface area contributed by atoms with Gasteiger partial charge in [0.25, 0.3) is 0 Å². The fraction of sp³-hybridized carbons (Fsp3) is 0.667. The Hall–Kier alpha value is -2.16. The molecule has 0 bridgehead atoms. The lowest BCUT2D eigenvalue weighted by Gasteiger charge is -2.21. The number of methoxy groups -OCH3 is 1. The summed E-state index contributed by atoms with van der Waals surface area (Å²) in [5, 5.41) is 10.7. The van der Waals surface area contributed by atoms with E-state index < -0.39 is 0 Å². The van der Waals surface area contributed by atoms with Gasteiger partial charge in [-0.25, -0.2) is 19.2 Å². The summed E-state index contributed by atoms with van der Waals surface area (Å²) in [5.74, 6) is 0. The molecule has 3 heterocycles. The minimum absolute atomic E-state index is 0.0951. The summed E-state index contributed by atoms with van der Waals surface area (Å²) in [7, 11) is 1.61. The summed E-state index contributed by atoms with van der Waals surface area (Å²) in [5.41, 5.74) is 0.765. The molecule has 1 aromatic rings. The van der Waals surface area contributed by atoms with E-state index in [1.54, 1.807) is 16.7 Å². The van der Waals surface area contributed by atoms with Crippen molar-refractivity contribution in [2.24, 2.45) is 0 Å². The van der Waals surface area contributed by atoms with Gasteiger partial charge in [0.05, 0.1) is 18.8 Å². The van der Waals surface area contributed by atoms with E-state index in [4.69, 9.17) is 4.74 Å². The van der Waals surface area contributed by atoms with E-state index in [0.717, 1.165) is 12.1 Å². The molecule has 21 heavy (non-hydrogen) atoms. The summed E-state index contributed by atoms with van der Waals surface area (Å²) in [4.78, 5) is 26.7. The monoisotopic (exact) mass is 294 g/mol. The molecule has 3 rings (SSSR count). The van der Waals surface area contributed by atoms with Gasteiger partial charge in [0, 0.05) is 33.3 Å². The number of nitrogens with one attached hydrogen (secondary N) is 1. The molecule has 0 radical (unpaired) electrons. The molecule has 114 valence electrons. The Balaban J connectivity index is 1.62. The third kappa shape index (κ3) is 2.68. The topological polar surface area (TPSA) is 92.6 Å². The van der Waals surface area contributed by atoms with Gasteiger partial charge in [0.1, 0.15) is 5.69 Å². The number of carbonyl (C=O) groups is 2. The SMILES string of the molecule is COCc1cn([C@H]2CCN(C(=O)N3CCNC3=O)C2)nn1. The molecule has 4 amide bonds. The van der Waals surface area contributed by atoms with Crippen molar-refractivity contribution in [2.75, 3.05) is 33.3 Å². The van der Waals surface area contributed by atoms with Crippen molar-refractivity contribution < 1.29 is 14.3 Å². The average molecular weight is 294 g/mol. The molecular weight excluding hydrogens is 276 g/mol. The number of ether oxygens (including phenoxy) is 1. The highest BCUT2D eigenvalue weighted by Gasteiger charge is 2.35. The van der Waals surface area contributed by atoms with Crippen molar-refractivity contribution in [3.63, 3.8) is 0 Å². The number of urea groups is 2. The van der Waals surface area contributed by atoms with Crippen LogP contribution in [-0.2, 0) is 11.3 Å². The lowest BCUT2D eigenvalue weighted by Crippen LogP contribution is -2.43. The molecule has 1 N–H and O–H groups in total. The number of amides is 4. The molecule has 0 spiro atoms. The lowest BCUT2D eigenvalue weighted by molar-refractivity contribution is 0.170. The van der Waals surface area contributed by atoms with E-state index in [0.29, 0.717) is 32.8 Å². The molecule has 0 unspecified atom stereocenters. The maximum atomic E-state index is 12.3. The summed E-state index contributed by atoms with van der Waals surface area (Å²) in [6.07, 6.45) is 2.64. The largest absolute Gasteiger partial charge is 0.378 e. The smallest absolute Gasteiger partial charge is 0.328 e. The van der Waals surface area contributed by atoms with Crippen molar-refractivity contribution in [2.45, 2.75) is 19.1 Å². The van der Waals surface area contributed by atoms with Crippen LogP contribution < -0.4 is 5.32 Å². The van der Waals surface area contributed by atoms with Crippen LogP contribution in [0.15, 0.2) is 6.20 Å². The molecule has 2 fully saturated rings. The first-order valence-corrected chi connectivity index (χ1v) is 6.93. The Kier molecular flexibility index (Phi) is 3.74. The number of carbonyl (C=O) groups excluding carboxylic acids is 2. The minimum Gasteiger partial charge on any atom is -0.378 e. The van der Waals surface area contributed by atoms with Gasteiger partial charge in [-0.3, -0.25) is 0 Å². The number of hydrogen-bond acceptors (Lipinski definition) is 5. The molecule has 2 aliphatic heterocycles. The number of aromatic nitrogens is 3. The van der Waals surface area contributed by atoms with Gasteiger partial charge in [-0.15, -0.1) is 5.10 Å². The van der Waals surface area contributed by atoms with Crippen LogP contribution in [-0.4, -0.2) is 70.1 Å². The van der Waals surface area contributed by atoms with Crippen molar-refractivity contribution in [3.05, 3.63) is 11.9 Å². The standard InChI is InChI=1S/C12H18N6O3/c1-21-8-9-6-18(15-14-9)10-2-4-16(7-10)12(20)17-5-3-13-11(17)19/h6,10H,2-5,7-8H2,1H3,(H,13,19)/t10-/m0/s1. The third-order valence-corrected chi connectivity index (χ3v) is 3.75. The fourth-order valence-electron chi connectivity index (χ4n) is 2.66. The first-order valence-electron chi connectivity index (χ1n) is 6.93. The zero-order valence-corrected chi connectivity index (χ0v) is 11.9. The van der Waals surface area contributed by atoms with E-state index in [-0.39, 0.29) is 18.1 Å². The number of hydrogen-bond donors (Lipinski definition) is 1. The molecular formula is C12H18N6O3. The van der Waals surface area contributed by atoms with Gasteiger partial charge in [-0.05, 0) is 6.42 Å². The van der Waals surface area contributed by atoms with Crippen LogP contribution in [0.5, 0.6) is 0 Å². The van der Waals surface area contributed by atoms with Crippen molar-refractivity contribution in [3.8, 4) is 0 Å². The van der Waals surface area contributed by atoms with Gasteiger partial charge in [-0.1, -0.05) is 5.21 Å². The first-order chi connectivity index (χ1) is 10.2. The van der Waals surface area contributed by atoms with Crippen molar-refractivity contribution in [1.82, 2.24) is 30.1 Å². The number of imide groups is 1. The second kappa shape index (κ2) is 5.68. The maximum Gasteiger partial charge on any atom is 0.328 e. The van der Waals surface area contributed by atoms with Gasteiger partial charge in [0.15, 0.2) is 0 Å². The Bertz CT molecular complexity index is 545. The van der Waals surface area contributed by atoms with Crippen LogP contribution in [0.25, 0.3) is 0 Å². The van der Waals surface area contributed by atoms with Crippen LogP contribution in [0.1, 0.15) is 18.2 Å². The molecule has 0 aromatic carbocycles. The van der Waals surface area contributed by atoms with Gasteiger partial charge in [0.2, 0.25) is 0 Å². The second-order valence-corrected chi connectivity index (χ2v) is 5.18. The zero-order chi connectivity index (χ0) is 14.8. The van der Waals surface area contributed by atoms with Gasteiger partial charge >= 0.3 is 12.1 Å². The van der Waals surface area contributed by atoms with Crippen molar-refractivity contribution in [1.29, 1.82) is 0 Å². The quantitative estimate of drug-likeness (QED) is 0.834. The summed E-state index contributed by atoms with van der Waals surface area (Å²) >= 11 is 0. The lowest BCUT2D eigenvalue weighted by atomic mass is 10.3. The Labute approximate surface area is 121 Å².